The molecule has 1 atom stereocenters. The van der Waals surface area contributed by atoms with Crippen molar-refractivity contribution in [1.82, 2.24) is 14.9 Å². The van der Waals surface area contributed by atoms with Gasteiger partial charge in [0.25, 0.3) is 0 Å². The molecule has 1 saturated heterocycles. The van der Waals surface area contributed by atoms with Crippen molar-refractivity contribution in [2.75, 3.05) is 31.6 Å². The van der Waals surface area contributed by atoms with Gasteiger partial charge in [0.1, 0.15) is 17.5 Å². The molecule has 1 fully saturated rings. The third kappa shape index (κ3) is 3.67. The number of piperidine rings is 1. The van der Waals surface area contributed by atoms with Gasteiger partial charge in [-0.15, -0.1) is 0 Å². The Balaban J connectivity index is 1.98. The summed E-state index contributed by atoms with van der Waals surface area (Å²) in [5, 5.41) is 3.86. The van der Waals surface area contributed by atoms with Crippen molar-refractivity contribution >= 4 is 29.0 Å². The number of anilines is 1. The van der Waals surface area contributed by atoms with Crippen molar-refractivity contribution in [2.45, 2.75) is 18.9 Å². The highest BCUT2D eigenvalue weighted by Gasteiger charge is 2.20. The Morgan fingerprint density at radius 3 is 3.11 bits per heavy atom. The lowest BCUT2D eigenvalue weighted by Crippen LogP contribution is -2.43. The molecule has 0 bridgehead atoms. The Morgan fingerprint density at radius 2 is 2.33 bits per heavy atom. The molecule has 0 aromatic carbocycles. The molecule has 1 aliphatic rings. The molecule has 0 saturated carbocycles. The molecule has 18 heavy (non-hydrogen) atoms. The predicted molar refractivity (Wildman–Crippen MR) is 71.1 cm³/mol. The van der Waals surface area contributed by atoms with Crippen LogP contribution in [0.2, 0.25) is 10.3 Å². The molecule has 2 rings (SSSR count). The normalized spacial score (nSPS) is 20.9. The highest BCUT2D eigenvalue weighted by Crippen LogP contribution is 2.22. The summed E-state index contributed by atoms with van der Waals surface area (Å²) in [6, 6.07) is 0.216. The van der Waals surface area contributed by atoms with Gasteiger partial charge in [0.2, 0.25) is 5.28 Å². The molecule has 0 aliphatic carbocycles. The van der Waals surface area contributed by atoms with Crippen molar-refractivity contribution in [2.24, 2.45) is 0 Å². The Kier molecular flexibility index (Phi) is 4.97. The van der Waals surface area contributed by atoms with Crippen LogP contribution in [0, 0.1) is 0 Å². The number of rotatable bonds is 4. The van der Waals surface area contributed by atoms with Crippen LogP contribution in [0.5, 0.6) is 0 Å². The molecule has 1 N–H and O–H groups in total. The zero-order valence-corrected chi connectivity index (χ0v) is 11.4. The van der Waals surface area contributed by atoms with Crippen LogP contribution in [0.4, 0.5) is 10.2 Å². The van der Waals surface area contributed by atoms with Crippen molar-refractivity contribution in [3.8, 4) is 0 Å². The van der Waals surface area contributed by atoms with Crippen LogP contribution in [0.1, 0.15) is 12.8 Å². The maximum absolute atomic E-state index is 12.3. The molecule has 4 nitrogen and oxygen atoms in total. The Bertz CT molecular complexity index is 403. The minimum absolute atomic E-state index is 0.165. The molecule has 1 aromatic rings. The first-order valence-corrected chi connectivity index (χ1v) is 6.67. The third-order valence-electron chi connectivity index (χ3n) is 2.96. The average molecular weight is 293 g/mol. The molecule has 2 heterocycles. The van der Waals surface area contributed by atoms with Gasteiger partial charge in [-0.05, 0) is 31.0 Å². The number of hydrogen-bond donors (Lipinski definition) is 1. The van der Waals surface area contributed by atoms with Gasteiger partial charge < -0.3 is 5.32 Å². The van der Waals surface area contributed by atoms with Gasteiger partial charge in [-0.3, -0.25) is 4.90 Å². The second kappa shape index (κ2) is 6.50. The van der Waals surface area contributed by atoms with Crippen LogP contribution in [0.15, 0.2) is 6.20 Å². The number of alkyl halides is 1. The smallest absolute Gasteiger partial charge is 0.224 e. The molecule has 7 heteroatoms. The Morgan fingerprint density at radius 1 is 1.50 bits per heavy atom. The molecule has 1 aliphatic heterocycles. The first kappa shape index (κ1) is 13.8. The summed E-state index contributed by atoms with van der Waals surface area (Å²) >= 11 is 11.7. The fourth-order valence-electron chi connectivity index (χ4n) is 2.14. The molecule has 0 spiro atoms. The van der Waals surface area contributed by atoms with Gasteiger partial charge in [-0.25, -0.2) is 9.37 Å². The SMILES string of the molecule is FCCN1CCC[C@H](Nc2nc(Cl)ncc2Cl)C1. The maximum atomic E-state index is 12.3. The fourth-order valence-corrected chi connectivity index (χ4v) is 2.42. The summed E-state index contributed by atoms with van der Waals surface area (Å²) in [7, 11) is 0. The maximum Gasteiger partial charge on any atom is 0.224 e. The highest BCUT2D eigenvalue weighted by atomic mass is 35.5. The lowest BCUT2D eigenvalue weighted by molar-refractivity contribution is 0.200. The first-order chi connectivity index (χ1) is 8.69. The van der Waals surface area contributed by atoms with E-state index in [-0.39, 0.29) is 18.0 Å². The van der Waals surface area contributed by atoms with E-state index in [1.165, 1.54) is 6.20 Å². The summed E-state index contributed by atoms with van der Waals surface area (Å²) in [4.78, 5) is 9.95. The third-order valence-corrected chi connectivity index (χ3v) is 3.42. The number of nitrogens with zero attached hydrogens (tertiary/aromatic N) is 3. The van der Waals surface area contributed by atoms with E-state index in [4.69, 9.17) is 23.2 Å². The summed E-state index contributed by atoms with van der Waals surface area (Å²) in [6.45, 7) is 1.91. The molecule has 0 amide bonds. The largest absolute Gasteiger partial charge is 0.365 e. The number of halogens is 3. The second-order valence-corrected chi connectivity index (χ2v) is 5.05. The van der Waals surface area contributed by atoms with E-state index in [0.29, 0.717) is 17.4 Å². The van der Waals surface area contributed by atoms with Crippen LogP contribution >= 0.6 is 23.2 Å². The number of likely N-dealkylation sites (tertiary alicyclic amines) is 1. The summed E-state index contributed by atoms with van der Waals surface area (Å²) in [6.07, 6.45) is 3.52. The Hall–Kier alpha value is -0.650. The standard InChI is InChI=1S/C11H15Cl2FN4/c12-9-6-15-11(13)17-10(9)16-8-2-1-4-18(7-8)5-3-14/h6,8H,1-5,7H2,(H,15,16,17)/t8-/m0/s1. The molecular weight excluding hydrogens is 278 g/mol. The van der Waals surface area contributed by atoms with Crippen LogP contribution in [-0.4, -0.2) is 47.2 Å². The monoisotopic (exact) mass is 292 g/mol. The van der Waals surface area contributed by atoms with Crippen LogP contribution in [0.25, 0.3) is 0 Å². The van der Waals surface area contributed by atoms with Gasteiger partial charge in [0.05, 0.1) is 6.20 Å². The van der Waals surface area contributed by atoms with E-state index < -0.39 is 0 Å². The van der Waals surface area contributed by atoms with Gasteiger partial charge in [0.15, 0.2) is 0 Å². The summed E-state index contributed by atoms with van der Waals surface area (Å²) in [5.74, 6) is 0.545. The highest BCUT2D eigenvalue weighted by molar-refractivity contribution is 6.33. The molecule has 0 radical (unpaired) electrons. The van der Waals surface area contributed by atoms with Crippen LogP contribution in [-0.2, 0) is 0 Å². The second-order valence-electron chi connectivity index (χ2n) is 4.31. The molecular formula is C11H15Cl2FN4. The first-order valence-electron chi connectivity index (χ1n) is 5.92. The minimum Gasteiger partial charge on any atom is -0.365 e. The van der Waals surface area contributed by atoms with Crippen molar-refractivity contribution in [3.05, 3.63) is 16.5 Å². The van der Waals surface area contributed by atoms with Crippen molar-refractivity contribution in [1.29, 1.82) is 0 Å². The zero-order valence-electron chi connectivity index (χ0n) is 9.87. The molecule has 1 aromatic heterocycles. The van der Waals surface area contributed by atoms with Crippen LogP contribution in [0.3, 0.4) is 0 Å². The lowest BCUT2D eigenvalue weighted by Gasteiger charge is -2.32. The van der Waals surface area contributed by atoms with Crippen molar-refractivity contribution in [3.63, 3.8) is 0 Å². The number of nitrogens with one attached hydrogen (secondary N) is 1. The topological polar surface area (TPSA) is 41.0 Å². The van der Waals surface area contributed by atoms with Gasteiger partial charge >= 0.3 is 0 Å². The van der Waals surface area contributed by atoms with E-state index in [2.05, 4.69) is 20.2 Å². The van der Waals surface area contributed by atoms with E-state index in [1.54, 1.807) is 0 Å². The predicted octanol–water partition coefficient (Wildman–Crippen LogP) is 2.63. The average Bonchev–Trinajstić information content (AvgIpc) is 2.35. The van der Waals surface area contributed by atoms with E-state index in [9.17, 15) is 4.39 Å². The van der Waals surface area contributed by atoms with E-state index in [1.807, 2.05) is 0 Å². The number of hydrogen-bond acceptors (Lipinski definition) is 4. The minimum atomic E-state index is -0.313. The van der Waals surface area contributed by atoms with Crippen molar-refractivity contribution < 1.29 is 4.39 Å². The quantitative estimate of drug-likeness (QED) is 0.866. The zero-order chi connectivity index (χ0) is 13.0. The molecule has 100 valence electrons. The van der Waals surface area contributed by atoms with Gasteiger partial charge in [-0.1, -0.05) is 11.6 Å². The fraction of sp³-hybridized carbons (Fsp3) is 0.636. The summed E-state index contributed by atoms with van der Waals surface area (Å²) in [5.41, 5.74) is 0. The lowest BCUT2D eigenvalue weighted by atomic mass is 10.1. The summed E-state index contributed by atoms with van der Waals surface area (Å²) < 4.78 is 12.3. The van der Waals surface area contributed by atoms with E-state index >= 15 is 0 Å². The van der Waals surface area contributed by atoms with Gasteiger partial charge in [0, 0.05) is 19.1 Å². The Labute approximate surface area is 116 Å². The molecule has 0 unspecified atom stereocenters. The van der Waals surface area contributed by atoms with Gasteiger partial charge in [-0.2, -0.15) is 4.98 Å². The van der Waals surface area contributed by atoms with Crippen LogP contribution < -0.4 is 5.32 Å². The number of aromatic nitrogens is 2. The van der Waals surface area contributed by atoms with E-state index in [0.717, 1.165) is 25.9 Å².